The fraction of sp³-hybridized carbons (Fsp3) is 0.630. The van der Waals surface area contributed by atoms with E-state index in [1.807, 2.05) is 30.3 Å². The summed E-state index contributed by atoms with van der Waals surface area (Å²) < 4.78 is 10.4. The number of likely N-dealkylation sites (N-methyl/N-ethyl adjacent to an activating group) is 1. The van der Waals surface area contributed by atoms with Crippen LogP contribution in [0.15, 0.2) is 30.3 Å². The minimum atomic E-state index is -1.04. The molecule has 10 nitrogen and oxygen atoms in total. The van der Waals surface area contributed by atoms with Crippen LogP contribution in [0.2, 0.25) is 0 Å². The van der Waals surface area contributed by atoms with Crippen LogP contribution in [0.5, 0.6) is 0 Å². The van der Waals surface area contributed by atoms with Crippen molar-refractivity contribution in [2.45, 2.75) is 82.6 Å². The normalized spacial score (nSPS) is 24.5. The fourth-order valence-corrected chi connectivity index (χ4v) is 5.13. The number of methoxy groups -OCH3 is 1. The molecule has 37 heavy (non-hydrogen) atoms. The van der Waals surface area contributed by atoms with Gasteiger partial charge in [0.1, 0.15) is 23.7 Å². The Morgan fingerprint density at radius 2 is 1.78 bits per heavy atom. The van der Waals surface area contributed by atoms with E-state index in [-0.39, 0.29) is 19.1 Å². The van der Waals surface area contributed by atoms with Gasteiger partial charge in [0, 0.05) is 32.0 Å². The summed E-state index contributed by atoms with van der Waals surface area (Å²) in [7, 11) is 2.78. The number of rotatable bonds is 7. The summed E-state index contributed by atoms with van der Waals surface area (Å²) in [6.45, 7) is 4.92. The molecule has 2 fully saturated rings. The molecule has 10 heteroatoms. The molecule has 204 valence electrons. The second kappa shape index (κ2) is 11.9. The van der Waals surface area contributed by atoms with E-state index in [1.54, 1.807) is 20.8 Å². The summed E-state index contributed by atoms with van der Waals surface area (Å²) in [5, 5.41) is 12.9. The minimum Gasteiger partial charge on any atom is -0.467 e. The molecule has 3 amide bonds. The Morgan fingerprint density at radius 3 is 2.38 bits per heavy atom. The minimum absolute atomic E-state index is 0.155. The van der Waals surface area contributed by atoms with E-state index >= 15 is 0 Å². The zero-order valence-corrected chi connectivity index (χ0v) is 22.3. The van der Waals surface area contributed by atoms with E-state index in [4.69, 9.17) is 9.47 Å². The monoisotopic (exact) mass is 517 g/mol. The van der Waals surface area contributed by atoms with Gasteiger partial charge in [-0.1, -0.05) is 30.3 Å². The highest BCUT2D eigenvalue weighted by atomic mass is 16.6. The van der Waals surface area contributed by atoms with Crippen molar-refractivity contribution in [3.05, 3.63) is 35.9 Å². The zero-order valence-electron chi connectivity index (χ0n) is 22.3. The van der Waals surface area contributed by atoms with E-state index in [0.717, 1.165) is 5.56 Å². The number of hydrogen-bond donors (Lipinski definition) is 2. The van der Waals surface area contributed by atoms with Crippen LogP contribution in [0.3, 0.4) is 0 Å². The Labute approximate surface area is 218 Å². The number of aliphatic hydroxyl groups is 1. The number of aliphatic hydroxyl groups excluding tert-OH is 1. The molecule has 2 aliphatic rings. The van der Waals surface area contributed by atoms with E-state index in [1.165, 1.54) is 24.0 Å². The highest BCUT2D eigenvalue weighted by Gasteiger charge is 2.48. The number of fused-ring (bicyclic) bond motifs is 1. The molecule has 0 saturated carbocycles. The summed E-state index contributed by atoms with van der Waals surface area (Å²) >= 11 is 0. The number of esters is 1. The first kappa shape index (κ1) is 28.4. The van der Waals surface area contributed by atoms with Crippen molar-refractivity contribution in [3.63, 3.8) is 0 Å². The Bertz CT molecular complexity index is 978. The first-order valence-electron chi connectivity index (χ1n) is 12.8. The maximum Gasteiger partial charge on any atom is 0.410 e. The van der Waals surface area contributed by atoms with Gasteiger partial charge in [-0.05, 0) is 52.0 Å². The van der Waals surface area contributed by atoms with Crippen molar-refractivity contribution < 1.29 is 33.8 Å². The molecule has 0 radical (unpaired) electrons. The van der Waals surface area contributed by atoms with Gasteiger partial charge in [0.15, 0.2) is 0 Å². The lowest BCUT2D eigenvalue weighted by Crippen LogP contribution is -2.59. The van der Waals surface area contributed by atoms with Gasteiger partial charge in [0.2, 0.25) is 11.8 Å². The predicted octanol–water partition coefficient (Wildman–Crippen LogP) is 1.88. The molecular formula is C27H39N3O7. The van der Waals surface area contributed by atoms with Crippen LogP contribution in [0, 0.1) is 5.92 Å². The van der Waals surface area contributed by atoms with Crippen molar-refractivity contribution in [2.24, 2.45) is 5.92 Å². The Kier molecular flexibility index (Phi) is 9.17. The van der Waals surface area contributed by atoms with Crippen LogP contribution >= 0.6 is 0 Å². The summed E-state index contributed by atoms with van der Waals surface area (Å²) in [5.41, 5.74) is 0.0702. The van der Waals surface area contributed by atoms with Gasteiger partial charge in [-0.15, -0.1) is 0 Å². The number of carbonyl (C=O) groups is 4. The molecule has 3 rings (SSSR count). The van der Waals surface area contributed by atoms with Gasteiger partial charge in [0.25, 0.3) is 0 Å². The molecule has 0 aromatic heterocycles. The number of amides is 3. The van der Waals surface area contributed by atoms with Gasteiger partial charge >= 0.3 is 12.1 Å². The molecule has 1 aromatic carbocycles. The van der Waals surface area contributed by atoms with Crippen molar-refractivity contribution in [1.29, 1.82) is 0 Å². The molecule has 5 atom stereocenters. The first-order valence-corrected chi connectivity index (χ1v) is 12.8. The number of nitrogens with one attached hydrogen (secondary N) is 1. The van der Waals surface area contributed by atoms with Gasteiger partial charge in [-0.2, -0.15) is 0 Å². The van der Waals surface area contributed by atoms with E-state index in [9.17, 15) is 24.3 Å². The predicted molar refractivity (Wildman–Crippen MR) is 135 cm³/mol. The maximum atomic E-state index is 13.7. The van der Waals surface area contributed by atoms with Crippen molar-refractivity contribution in [2.75, 3.05) is 20.8 Å². The zero-order chi connectivity index (χ0) is 27.3. The average Bonchev–Trinajstić information content (AvgIpc) is 3.23. The van der Waals surface area contributed by atoms with Crippen LogP contribution in [0.4, 0.5) is 4.79 Å². The first-order chi connectivity index (χ1) is 17.5. The standard InChI is InChI=1S/C27H39N3O7/c1-27(2,3)37-26(35)29(4)21(15-17-9-7-6-8-10-17)23(32)28-22-18(16-31)11-12-19-13-14-20(25(34)36-5)30(19)24(22)33/h6-10,18-22,31H,11-16H2,1-5H3,(H,28,32)/t18-,19+,20+,21-,22+/m1/s1. The molecule has 2 N–H and O–H groups in total. The van der Waals surface area contributed by atoms with Gasteiger partial charge in [0.05, 0.1) is 7.11 Å². The van der Waals surface area contributed by atoms with Crippen molar-refractivity contribution in [1.82, 2.24) is 15.1 Å². The van der Waals surface area contributed by atoms with Crippen LogP contribution in [-0.4, -0.2) is 89.3 Å². The summed E-state index contributed by atoms with van der Waals surface area (Å²) in [4.78, 5) is 55.5. The van der Waals surface area contributed by atoms with Crippen molar-refractivity contribution >= 4 is 23.9 Å². The van der Waals surface area contributed by atoms with Gasteiger partial charge in [-0.3, -0.25) is 14.5 Å². The largest absolute Gasteiger partial charge is 0.467 e. The maximum absolute atomic E-state index is 13.7. The van der Waals surface area contributed by atoms with Gasteiger partial charge < -0.3 is 24.8 Å². The lowest BCUT2D eigenvalue weighted by Gasteiger charge is -2.34. The SMILES string of the molecule is COC(=O)[C@@H]1CC[C@@H]2CC[C@H](CO)[C@H](NC(=O)[C@@H](Cc3ccccc3)N(C)C(=O)OC(C)(C)C)C(=O)N21. The molecule has 1 aromatic rings. The molecule has 2 saturated heterocycles. The number of nitrogens with zero attached hydrogens (tertiary/aromatic N) is 2. The van der Waals surface area contributed by atoms with Crippen molar-refractivity contribution in [3.8, 4) is 0 Å². The third kappa shape index (κ3) is 6.80. The smallest absolute Gasteiger partial charge is 0.410 e. The summed E-state index contributed by atoms with van der Waals surface area (Å²) in [6.07, 6.45) is 1.80. The number of carbonyl (C=O) groups excluding carboxylic acids is 4. The third-order valence-corrected chi connectivity index (χ3v) is 7.09. The molecule has 0 bridgehead atoms. The molecule has 0 unspecified atom stereocenters. The Morgan fingerprint density at radius 1 is 1.14 bits per heavy atom. The lowest BCUT2D eigenvalue weighted by atomic mass is 9.93. The summed E-state index contributed by atoms with van der Waals surface area (Å²) in [6, 6.07) is 6.36. The Balaban J connectivity index is 1.88. The topological polar surface area (TPSA) is 125 Å². The van der Waals surface area contributed by atoms with Crippen LogP contribution in [0.1, 0.15) is 52.0 Å². The van der Waals surface area contributed by atoms with Gasteiger partial charge in [-0.25, -0.2) is 9.59 Å². The molecule has 0 aliphatic carbocycles. The van der Waals surface area contributed by atoms with E-state index in [0.29, 0.717) is 25.7 Å². The fourth-order valence-electron chi connectivity index (χ4n) is 5.13. The van der Waals surface area contributed by atoms with Crippen LogP contribution in [0.25, 0.3) is 0 Å². The average molecular weight is 518 g/mol. The number of ether oxygens (including phenoxy) is 2. The molecule has 2 aliphatic heterocycles. The highest BCUT2D eigenvalue weighted by Crippen LogP contribution is 2.34. The molecular weight excluding hydrogens is 478 g/mol. The van der Waals surface area contributed by atoms with E-state index in [2.05, 4.69) is 5.32 Å². The third-order valence-electron chi connectivity index (χ3n) is 7.09. The number of benzene rings is 1. The molecule has 0 spiro atoms. The van der Waals surface area contributed by atoms with E-state index < -0.39 is 53.5 Å². The quantitative estimate of drug-likeness (QED) is 0.529. The summed E-state index contributed by atoms with van der Waals surface area (Å²) in [5.74, 6) is -1.97. The van der Waals surface area contributed by atoms with Crippen LogP contribution in [-0.2, 0) is 30.3 Å². The van der Waals surface area contributed by atoms with Crippen LogP contribution < -0.4 is 5.32 Å². The molecule has 2 heterocycles. The highest BCUT2D eigenvalue weighted by molar-refractivity contribution is 5.94. The Hall–Kier alpha value is -3.14. The number of hydrogen-bond acceptors (Lipinski definition) is 7. The lowest BCUT2D eigenvalue weighted by molar-refractivity contribution is -0.153. The second-order valence-corrected chi connectivity index (χ2v) is 10.8. The second-order valence-electron chi connectivity index (χ2n) is 10.8.